The van der Waals surface area contributed by atoms with Crippen molar-refractivity contribution in [2.24, 2.45) is 5.41 Å². The lowest BCUT2D eigenvalue weighted by Gasteiger charge is -2.34. The maximum absolute atomic E-state index is 11.5. The second-order valence-electron chi connectivity index (χ2n) is 9.93. The van der Waals surface area contributed by atoms with Gasteiger partial charge in [-0.2, -0.15) is 0 Å². The molecule has 0 aromatic heterocycles. The topological polar surface area (TPSA) is 46.5 Å². The summed E-state index contributed by atoms with van der Waals surface area (Å²) in [7, 11) is 0. The van der Waals surface area contributed by atoms with E-state index >= 15 is 0 Å². The van der Waals surface area contributed by atoms with E-state index < -0.39 is 0 Å². The summed E-state index contributed by atoms with van der Waals surface area (Å²) in [6.07, 6.45) is 3.57. The predicted octanol–water partition coefficient (Wildman–Crippen LogP) is 7.03. The Balaban J connectivity index is 2.34. The van der Waals surface area contributed by atoms with Crippen molar-refractivity contribution < 1.29 is 14.6 Å². The van der Waals surface area contributed by atoms with E-state index in [-0.39, 0.29) is 22.9 Å². The molecule has 0 spiro atoms. The van der Waals surface area contributed by atoms with E-state index in [4.69, 9.17) is 4.74 Å². The molecule has 3 heteroatoms. The Hall–Kier alpha value is -2.29. The minimum atomic E-state index is -0.216. The van der Waals surface area contributed by atoms with Crippen molar-refractivity contribution in [1.82, 2.24) is 0 Å². The van der Waals surface area contributed by atoms with Gasteiger partial charge in [0.05, 0.1) is 0 Å². The van der Waals surface area contributed by atoms with Crippen LogP contribution in [0, 0.1) is 19.3 Å². The molecule has 0 fully saturated rings. The molecule has 0 aliphatic carbocycles. The predicted molar refractivity (Wildman–Crippen MR) is 129 cm³/mol. The van der Waals surface area contributed by atoms with Crippen LogP contribution in [0.15, 0.2) is 36.4 Å². The summed E-state index contributed by atoms with van der Waals surface area (Å²) in [6.45, 7) is 16.4. The van der Waals surface area contributed by atoms with Crippen molar-refractivity contribution in [2.45, 2.75) is 92.6 Å². The Bertz CT molecular complexity index is 901. The zero-order chi connectivity index (χ0) is 23.4. The molecule has 0 saturated carbocycles. The summed E-state index contributed by atoms with van der Waals surface area (Å²) in [4.78, 5) is 11.5. The van der Waals surface area contributed by atoms with Gasteiger partial charge >= 0.3 is 5.97 Å². The third-order valence-electron chi connectivity index (χ3n) is 6.80. The number of ether oxygens (including phenoxy) is 1. The van der Waals surface area contributed by atoms with Crippen molar-refractivity contribution in [3.8, 4) is 5.75 Å². The maximum atomic E-state index is 11.5. The number of carbonyl (C=O) groups excluding carboxylic acids is 1. The Morgan fingerprint density at radius 2 is 1.52 bits per heavy atom. The molecule has 0 saturated heterocycles. The van der Waals surface area contributed by atoms with Gasteiger partial charge in [0.1, 0.15) is 11.9 Å². The first kappa shape index (κ1) is 25.0. The van der Waals surface area contributed by atoms with Gasteiger partial charge in [-0.05, 0) is 78.8 Å². The van der Waals surface area contributed by atoms with Crippen LogP contribution in [0.1, 0.15) is 88.6 Å². The number of aromatic hydroxyl groups is 1. The van der Waals surface area contributed by atoms with Crippen LogP contribution in [0.25, 0.3) is 0 Å². The number of aryl methyl sites for hydroxylation is 3. The lowest BCUT2D eigenvalue weighted by molar-refractivity contribution is -0.152. The van der Waals surface area contributed by atoms with E-state index in [1.807, 2.05) is 13.0 Å². The third-order valence-corrected chi connectivity index (χ3v) is 6.80. The zero-order valence-electron chi connectivity index (χ0n) is 20.6. The smallest absolute Gasteiger partial charge is 0.302 e. The molecule has 1 atom stereocenters. The first-order valence-corrected chi connectivity index (χ1v) is 11.5. The standard InChI is InChI=1S/C28H40O3/c1-9-28(10-2,24-14-15-25(30)20(4)18-24)23-13-11-22(19(3)17-23)12-16-26(27(6,7)8)31-21(5)29/h11,13-15,17-18,26,30H,9-10,12,16H2,1-8H3. The summed E-state index contributed by atoms with van der Waals surface area (Å²) < 4.78 is 5.61. The van der Waals surface area contributed by atoms with Gasteiger partial charge in [-0.3, -0.25) is 4.79 Å². The highest BCUT2D eigenvalue weighted by Crippen LogP contribution is 2.41. The molecule has 1 unspecified atom stereocenters. The minimum Gasteiger partial charge on any atom is -0.508 e. The molecule has 31 heavy (non-hydrogen) atoms. The van der Waals surface area contributed by atoms with Crippen LogP contribution in [-0.4, -0.2) is 17.2 Å². The van der Waals surface area contributed by atoms with E-state index in [0.717, 1.165) is 31.2 Å². The minimum absolute atomic E-state index is 0.0760. The van der Waals surface area contributed by atoms with Gasteiger partial charge in [-0.15, -0.1) is 0 Å². The first-order valence-electron chi connectivity index (χ1n) is 11.5. The number of phenolic OH excluding ortho intramolecular Hbond substituents is 1. The Labute approximate surface area is 188 Å². The van der Waals surface area contributed by atoms with Crippen molar-refractivity contribution in [3.63, 3.8) is 0 Å². The van der Waals surface area contributed by atoms with Crippen LogP contribution in [0.2, 0.25) is 0 Å². The first-order chi connectivity index (χ1) is 14.4. The van der Waals surface area contributed by atoms with Crippen LogP contribution in [0.5, 0.6) is 5.75 Å². The molecule has 2 aromatic carbocycles. The molecule has 0 heterocycles. The third kappa shape index (κ3) is 5.70. The SMILES string of the molecule is CCC(CC)(c1ccc(O)c(C)c1)c1ccc(CCC(OC(C)=O)C(C)(C)C)c(C)c1. The molecule has 0 amide bonds. The summed E-state index contributed by atoms with van der Waals surface area (Å²) in [5, 5.41) is 9.99. The summed E-state index contributed by atoms with van der Waals surface area (Å²) in [5.74, 6) is 0.129. The second-order valence-corrected chi connectivity index (χ2v) is 9.93. The summed E-state index contributed by atoms with van der Waals surface area (Å²) in [6, 6.07) is 12.8. The van der Waals surface area contributed by atoms with Crippen LogP contribution >= 0.6 is 0 Å². The van der Waals surface area contributed by atoms with Gasteiger partial charge in [0.2, 0.25) is 0 Å². The maximum Gasteiger partial charge on any atom is 0.302 e. The number of carbonyl (C=O) groups is 1. The lowest BCUT2D eigenvalue weighted by Crippen LogP contribution is -2.31. The zero-order valence-corrected chi connectivity index (χ0v) is 20.6. The highest BCUT2D eigenvalue weighted by molar-refractivity contribution is 5.66. The molecule has 2 rings (SSSR count). The largest absolute Gasteiger partial charge is 0.508 e. The fraction of sp³-hybridized carbons (Fsp3) is 0.536. The molecule has 0 aliphatic heterocycles. The van der Waals surface area contributed by atoms with Gasteiger partial charge in [-0.1, -0.05) is 65.0 Å². The van der Waals surface area contributed by atoms with Gasteiger partial charge in [0, 0.05) is 12.3 Å². The fourth-order valence-electron chi connectivity index (χ4n) is 4.62. The highest BCUT2D eigenvalue weighted by Gasteiger charge is 2.32. The molecular weight excluding hydrogens is 384 g/mol. The molecular formula is C28H40O3. The van der Waals surface area contributed by atoms with Crippen LogP contribution in [0.3, 0.4) is 0 Å². The van der Waals surface area contributed by atoms with Crippen molar-refractivity contribution in [3.05, 3.63) is 64.2 Å². The van der Waals surface area contributed by atoms with Gasteiger partial charge in [-0.25, -0.2) is 0 Å². The van der Waals surface area contributed by atoms with Crippen molar-refractivity contribution in [1.29, 1.82) is 0 Å². The Morgan fingerprint density at radius 3 is 1.97 bits per heavy atom. The number of benzene rings is 2. The molecule has 1 N–H and O–H groups in total. The molecule has 0 aliphatic rings. The van der Waals surface area contributed by atoms with Crippen molar-refractivity contribution in [2.75, 3.05) is 0 Å². The summed E-state index contributed by atoms with van der Waals surface area (Å²) in [5.41, 5.74) is 5.89. The van der Waals surface area contributed by atoms with E-state index in [1.54, 1.807) is 0 Å². The molecule has 170 valence electrons. The lowest BCUT2D eigenvalue weighted by atomic mass is 9.69. The number of hydrogen-bond acceptors (Lipinski definition) is 3. The highest BCUT2D eigenvalue weighted by atomic mass is 16.5. The summed E-state index contributed by atoms with van der Waals surface area (Å²) >= 11 is 0. The average Bonchev–Trinajstić information content (AvgIpc) is 2.69. The van der Waals surface area contributed by atoms with E-state index in [1.165, 1.54) is 29.2 Å². The Kier molecular flexibility index (Phi) is 7.97. The van der Waals surface area contributed by atoms with Crippen LogP contribution in [0.4, 0.5) is 0 Å². The van der Waals surface area contributed by atoms with E-state index in [9.17, 15) is 9.90 Å². The van der Waals surface area contributed by atoms with Gasteiger partial charge in [0.15, 0.2) is 0 Å². The van der Waals surface area contributed by atoms with E-state index in [0.29, 0.717) is 5.75 Å². The molecule has 0 radical (unpaired) electrons. The average molecular weight is 425 g/mol. The Morgan fingerprint density at radius 1 is 0.968 bits per heavy atom. The second kappa shape index (κ2) is 9.89. The normalized spacial score (nSPS) is 13.2. The number of hydrogen-bond donors (Lipinski definition) is 1. The molecule has 2 aromatic rings. The number of rotatable bonds is 8. The van der Waals surface area contributed by atoms with Gasteiger partial charge in [0.25, 0.3) is 0 Å². The fourth-order valence-corrected chi connectivity index (χ4v) is 4.62. The molecule has 0 bridgehead atoms. The monoisotopic (exact) mass is 424 g/mol. The van der Waals surface area contributed by atoms with E-state index in [2.05, 4.69) is 71.9 Å². The molecule has 3 nitrogen and oxygen atoms in total. The van der Waals surface area contributed by atoms with Crippen LogP contribution < -0.4 is 0 Å². The van der Waals surface area contributed by atoms with Crippen LogP contribution in [-0.2, 0) is 21.4 Å². The van der Waals surface area contributed by atoms with Gasteiger partial charge < -0.3 is 9.84 Å². The van der Waals surface area contributed by atoms with Crippen molar-refractivity contribution >= 4 is 5.97 Å². The quantitative estimate of drug-likeness (QED) is 0.463. The number of phenols is 1. The number of esters is 1.